The predicted molar refractivity (Wildman–Crippen MR) is 78.5 cm³/mol. The molecule has 116 valence electrons. The summed E-state index contributed by atoms with van der Waals surface area (Å²) in [4.78, 5) is 24.2. The molecule has 8 nitrogen and oxygen atoms in total. The number of aliphatic hydroxyl groups is 1. The molecule has 2 heterocycles. The first-order valence-electron chi connectivity index (χ1n) is 6.92. The Labute approximate surface area is 123 Å². The van der Waals surface area contributed by atoms with E-state index in [-0.39, 0.29) is 5.91 Å². The molecule has 1 fully saturated rings. The highest BCUT2D eigenvalue weighted by molar-refractivity contribution is 5.92. The zero-order valence-electron chi connectivity index (χ0n) is 12.4. The molecule has 1 aromatic rings. The third-order valence-electron chi connectivity index (χ3n) is 3.29. The second-order valence-electron chi connectivity index (χ2n) is 5.81. The lowest BCUT2D eigenvalue weighted by molar-refractivity contribution is 0.0177. The molecule has 8 heteroatoms. The average Bonchev–Trinajstić information content (AvgIpc) is 2.46. The average molecular weight is 294 g/mol. The van der Waals surface area contributed by atoms with Gasteiger partial charge in [-0.25, -0.2) is 15.8 Å². The van der Waals surface area contributed by atoms with Crippen LogP contribution in [-0.4, -0.2) is 69.1 Å². The topological polar surface area (TPSA) is 108 Å². The molecule has 21 heavy (non-hydrogen) atoms. The van der Waals surface area contributed by atoms with Gasteiger partial charge < -0.3 is 15.4 Å². The summed E-state index contributed by atoms with van der Waals surface area (Å²) in [6, 6.07) is 0. The molecule has 1 aliphatic heterocycles. The Morgan fingerprint density at radius 1 is 1.33 bits per heavy atom. The summed E-state index contributed by atoms with van der Waals surface area (Å²) < 4.78 is 0. The number of hydrogen-bond donors (Lipinski definition) is 3. The maximum absolute atomic E-state index is 12.3. The van der Waals surface area contributed by atoms with Crippen molar-refractivity contribution in [1.82, 2.24) is 19.8 Å². The SMILES string of the molecule is CC(C)(O)CN1CCN(C(=O)c2cnc(NN)cn2)CC1. The number of hydrogen-bond acceptors (Lipinski definition) is 7. The Morgan fingerprint density at radius 3 is 2.48 bits per heavy atom. The number of nitrogen functional groups attached to an aromatic ring is 1. The minimum atomic E-state index is -0.720. The molecule has 1 amide bonds. The van der Waals surface area contributed by atoms with Gasteiger partial charge in [0.2, 0.25) is 0 Å². The fourth-order valence-corrected chi connectivity index (χ4v) is 2.33. The van der Waals surface area contributed by atoms with E-state index in [2.05, 4.69) is 20.3 Å². The third kappa shape index (κ3) is 4.35. The van der Waals surface area contributed by atoms with E-state index in [1.54, 1.807) is 18.7 Å². The van der Waals surface area contributed by atoms with E-state index in [0.29, 0.717) is 31.1 Å². The van der Waals surface area contributed by atoms with E-state index < -0.39 is 5.60 Å². The fourth-order valence-electron chi connectivity index (χ4n) is 2.33. The molecule has 1 saturated heterocycles. The first-order valence-corrected chi connectivity index (χ1v) is 6.92. The van der Waals surface area contributed by atoms with Crippen LogP contribution in [0.4, 0.5) is 5.82 Å². The molecule has 0 atom stereocenters. The van der Waals surface area contributed by atoms with Crippen LogP contribution >= 0.6 is 0 Å². The Hall–Kier alpha value is -1.77. The number of piperazine rings is 1. The maximum atomic E-state index is 12.3. The Bertz CT molecular complexity index is 476. The standard InChI is InChI=1S/C13H22N6O2/c1-13(2,21)9-18-3-5-19(6-4-18)12(20)10-7-16-11(17-14)8-15-10/h7-8,21H,3-6,9,14H2,1-2H3,(H,16,17). The monoisotopic (exact) mass is 294 g/mol. The summed E-state index contributed by atoms with van der Waals surface area (Å²) in [5.74, 6) is 5.50. The van der Waals surface area contributed by atoms with Crippen LogP contribution in [0.1, 0.15) is 24.3 Å². The van der Waals surface area contributed by atoms with Crippen LogP contribution in [0.25, 0.3) is 0 Å². The van der Waals surface area contributed by atoms with Crippen molar-refractivity contribution in [3.63, 3.8) is 0 Å². The van der Waals surface area contributed by atoms with E-state index in [1.807, 2.05) is 0 Å². The largest absolute Gasteiger partial charge is 0.389 e. The summed E-state index contributed by atoms with van der Waals surface area (Å²) in [5.41, 5.74) is 1.96. The minimum Gasteiger partial charge on any atom is -0.389 e. The first-order chi connectivity index (χ1) is 9.89. The van der Waals surface area contributed by atoms with Crippen LogP contribution in [0, 0.1) is 0 Å². The first kappa shape index (κ1) is 15.6. The summed E-state index contributed by atoms with van der Waals surface area (Å²) in [5, 5.41) is 9.82. The predicted octanol–water partition coefficient (Wildman–Crippen LogP) is -0.709. The Kier molecular flexibility index (Phi) is 4.71. The zero-order valence-corrected chi connectivity index (χ0v) is 12.4. The molecule has 0 spiro atoms. The number of carbonyl (C=O) groups is 1. The number of rotatable bonds is 4. The van der Waals surface area contributed by atoms with Crippen molar-refractivity contribution in [2.75, 3.05) is 38.1 Å². The number of nitrogens with zero attached hydrogens (tertiary/aromatic N) is 4. The molecule has 0 radical (unpaired) electrons. The van der Waals surface area contributed by atoms with Crippen molar-refractivity contribution in [2.45, 2.75) is 19.4 Å². The van der Waals surface area contributed by atoms with Crippen molar-refractivity contribution in [1.29, 1.82) is 0 Å². The number of amides is 1. The second-order valence-corrected chi connectivity index (χ2v) is 5.81. The number of hydrazine groups is 1. The lowest BCUT2D eigenvalue weighted by Crippen LogP contribution is -2.52. The molecule has 0 bridgehead atoms. The number of β-amino-alcohol motifs (C(OH)–C–C–N with tert-alkyl or cyclic N) is 1. The summed E-state index contributed by atoms with van der Waals surface area (Å²) in [6.45, 7) is 6.89. The normalized spacial score (nSPS) is 16.9. The van der Waals surface area contributed by atoms with E-state index in [9.17, 15) is 9.90 Å². The highest BCUT2D eigenvalue weighted by Crippen LogP contribution is 2.11. The van der Waals surface area contributed by atoms with Crippen LogP contribution in [0.3, 0.4) is 0 Å². The molecular weight excluding hydrogens is 272 g/mol. The lowest BCUT2D eigenvalue weighted by Gasteiger charge is -2.37. The summed E-state index contributed by atoms with van der Waals surface area (Å²) in [6.07, 6.45) is 2.85. The number of nitrogens with two attached hydrogens (primary N) is 1. The molecule has 0 unspecified atom stereocenters. The second kappa shape index (κ2) is 6.33. The van der Waals surface area contributed by atoms with Crippen LogP contribution < -0.4 is 11.3 Å². The van der Waals surface area contributed by atoms with Gasteiger partial charge in [0.15, 0.2) is 5.82 Å². The molecule has 2 rings (SSSR count). The van der Waals surface area contributed by atoms with Crippen LogP contribution in [0.2, 0.25) is 0 Å². The van der Waals surface area contributed by atoms with E-state index >= 15 is 0 Å². The Morgan fingerprint density at radius 2 is 2.00 bits per heavy atom. The van der Waals surface area contributed by atoms with Gasteiger partial charge in [-0.3, -0.25) is 9.69 Å². The highest BCUT2D eigenvalue weighted by atomic mass is 16.3. The molecule has 1 aliphatic rings. The minimum absolute atomic E-state index is 0.131. The molecule has 4 N–H and O–H groups in total. The van der Waals surface area contributed by atoms with Gasteiger partial charge in [-0.15, -0.1) is 0 Å². The number of nitrogens with one attached hydrogen (secondary N) is 1. The van der Waals surface area contributed by atoms with Crippen molar-refractivity contribution < 1.29 is 9.90 Å². The lowest BCUT2D eigenvalue weighted by atomic mass is 10.1. The quantitative estimate of drug-likeness (QED) is 0.497. The van der Waals surface area contributed by atoms with E-state index in [0.717, 1.165) is 13.1 Å². The number of aromatic nitrogens is 2. The molecular formula is C13H22N6O2. The van der Waals surface area contributed by atoms with Gasteiger partial charge in [0.1, 0.15) is 5.69 Å². The van der Waals surface area contributed by atoms with Gasteiger partial charge in [-0.2, -0.15) is 0 Å². The van der Waals surface area contributed by atoms with Gasteiger partial charge in [0.25, 0.3) is 5.91 Å². The fraction of sp³-hybridized carbons (Fsp3) is 0.615. The van der Waals surface area contributed by atoms with Gasteiger partial charge in [-0.1, -0.05) is 0 Å². The van der Waals surface area contributed by atoms with Crippen LogP contribution in [0.5, 0.6) is 0 Å². The van der Waals surface area contributed by atoms with Crippen molar-refractivity contribution in [2.24, 2.45) is 5.84 Å². The zero-order chi connectivity index (χ0) is 15.5. The summed E-state index contributed by atoms with van der Waals surface area (Å²) in [7, 11) is 0. The van der Waals surface area contributed by atoms with Gasteiger partial charge in [0.05, 0.1) is 18.0 Å². The van der Waals surface area contributed by atoms with Crippen LogP contribution in [0.15, 0.2) is 12.4 Å². The van der Waals surface area contributed by atoms with Crippen molar-refractivity contribution in [3.05, 3.63) is 18.1 Å². The molecule has 0 aliphatic carbocycles. The summed E-state index contributed by atoms with van der Waals surface area (Å²) >= 11 is 0. The molecule has 1 aromatic heterocycles. The number of carbonyl (C=O) groups excluding carboxylic acids is 1. The Balaban J connectivity index is 1.90. The van der Waals surface area contributed by atoms with Gasteiger partial charge in [-0.05, 0) is 13.8 Å². The van der Waals surface area contributed by atoms with Gasteiger partial charge in [0, 0.05) is 32.7 Å². The van der Waals surface area contributed by atoms with Crippen molar-refractivity contribution in [3.8, 4) is 0 Å². The van der Waals surface area contributed by atoms with Gasteiger partial charge >= 0.3 is 0 Å². The molecule has 0 saturated carbocycles. The maximum Gasteiger partial charge on any atom is 0.274 e. The number of anilines is 1. The van der Waals surface area contributed by atoms with Crippen molar-refractivity contribution >= 4 is 11.7 Å². The van der Waals surface area contributed by atoms with E-state index in [1.165, 1.54) is 12.4 Å². The smallest absolute Gasteiger partial charge is 0.274 e. The third-order valence-corrected chi connectivity index (χ3v) is 3.29. The molecule has 0 aromatic carbocycles. The van der Waals surface area contributed by atoms with E-state index in [4.69, 9.17) is 5.84 Å². The highest BCUT2D eigenvalue weighted by Gasteiger charge is 2.26. The van der Waals surface area contributed by atoms with Crippen LogP contribution in [-0.2, 0) is 0 Å².